The van der Waals surface area contributed by atoms with E-state index in [2.05, 4.69) is 56.6 Å². The van der Waals surface area contributed by atoms with Crippen LogP contribution in [-0.4, -0.2) is 4.98 Å². The van der Waals surface area contributed by atoms with Crippen molar-refractivity contribution in [3.05, 3.63) is 99.7 Å². The molecule has 4 rings (SSSR count). The van der Waals surface area contributed by atoms with Crippen LogP contribution in [0.15, 0.2) is 88.8 Å². The smallest absolute Gasteiger partial charge is 0.147 e. The van der Waals surface area contributed by atoms with Gasteiger partial charge in [0, 0.05) is 21.6 Å². The van der Waals surface area contributed by atoms with Gasteiger partial charge in [-0.05, 0) is 29.3 Å². The molecule has 3 nitrogen and oxygen atoms in total. The van der Waals surface area contributed by atoms with Gasteiger partial charge in [-0.25, -0.2) is 9.37 Å². The van der Waals surface area contributed by atoms with Gasteiger partial charge in [-0.2, -0.15) is 5.26 Å². The minimum Gasteiger partial charge on any atom is -0.358 e. The minimum absolute atomic E-state index is 0.291. The summed E-state index contributed by atoms with van der Waals surface area (Å²) in [4.78, 5) is 4.59. The van der Waals surface area contributed by atoms with Gasteiger partial charge in [0.1, 0.15) is 22.5 Å². The molecule has 30 heavy (non-hydrogen) atoms. The first-order chi connectivity index (χ1) is 14.6. The number of hydrogen-bond acceptors (Lipinski definition) is 4. The summed E-state index contributed by atoms with van der Waals surface area (Å²) in [5, 5.41) is 14.9. The highest BCUT2D eigenvalue weighted by atomic mass is 79.9. The molecule has 146 valence electrons. The lowest BCUT2D eigenvalue weighted by atomic mass is 10.0. The van der Waals surface area contributed by atoms with Gasteiger partial charge in [0.05, 0.1) is 11.4 Å². The highest BCUT2D eigenvalue weighted by Gasteiger charge is 2.10. The Bertz CT molecular complexity index is 1240. The van der Waals surface area contributed by atoms with Crippen LogP contribution in [-0.2, 0) is 0 Å². The van der Waals surface area contributed by atoms with Crippen molar-refractivity contribution in [3.8, 4) is 28.5 Å². The van der Waals surface area contributed by atoms with Crippen molar-refractivity contribution in [2.75, 3.05) is 5.32 Å². The van der Waals surface area contributed by atoms with Gasteiger partial charge in [-0.1, -0.05) is 70.5 Å². The van der Waals surface area contributed by atoms with E-state index in [0.717, 1.165) is 22.4 Å². The van der Waals surface area contributed by atoms with Crippen molar-refractivity contribution >= 4 is 38.5 Å². The van der Waals surface area contributed by atoms with Gasteiger partial charge in [-0.3, -0.25) is 0 Å². The maximum Gasteiger partial charge on any atom is 0.147 e. The summed E-state index contributed by atoms with van der Waals surface area (Å²) in [6.45, 7) is 0. The van der Waals surface area contributed by atoms with Crippen LogP contribution in [0, 0.1) is 17.1 Å². The zero-order chi connectivity index (χ0) is 20.9. The van der Waals surface area contributed by atoms with E-state index >= 15 is 0 Å². The molecule has 1 heterocycles. The minimum atomic E-state index is -0.406. The van der Waals surface area contributed by atoms with Crippen molar-refractivity contribution < 1.29 is 4.39 Å². The van der Waals surface area contributed by atoms with Crippen molar-refractivity contribution in [2.45, 2.75) is 0 Å². The van der Waals surface area contributed by atoms with E-state index < -0.39 is 5.82 Å². The van der Waals surface area contributed by atoms with E-state index in [9.17, 15) is 9.65 Å². The average Bonchev–Trinajstić information content (AvgIpc) is 3.26. The summed E-state index contributed by atoms with van der Waals surface area (Å²) in [6, 6.07) is 25.1. The quantitative estimate of drug-likeness (QED) is 0.306. The number of aromatic nitrogens is 1. The Kier molecular flexibility index (Phi) is 6.03. The van der Waals surface area contributed by atoms with Crippen LogP contribution in [0.1, 0.15) is 5.01 Å². The maximum absolute atomic E-state index is 14.0. The lowest BCUT2D eigenvalue weighted by Crippen LogP contribution is -1.94. The Hall–Kier alpha value is -3.27. The second-order valence-electron chi connectivity index (χ2n) is 6.42. The standard InChI is InChI=1S/C24H15BrFN3S/c25-20-10-11-22(21(26)12-20)28-14-19(13-27)24-29-23(15-30-24)18-8-6-17(7-9-18)16-4-2-1-3-5-16/h1-12,14-15,28H. The molecular formula is C24H15BrFN3S. The van der Waals surface area contributed by atoms with Crippen LogP contribution in [0.5, 0.6) is 0 Å². The maximum atomic E-state index is 14.0. The highest BCUT2D eigenvalue weighted by molar-refractivity contribution is 9.10. The molecule has 0 aliphatic rings. The molecule has 3 aromatic carbocycles. The predicted octanol–water partition coefficient (Wildman–Crippen LogP) is 7.36. The number of allylic oxidation sites excluding steroid dienone is 1. The molecule has 0 amide bonds. The van der Waals surface area contributed by atoms with Gasteiger partial charge < -0.3 is 5.32 Å². The van der Waals surface area contributed by atoms with E-state index in [-0.39, 0.29) is 0 Å². The third kappa shape index (κ3) is 4.48. The molecule has 1 aromatic heterocycles. The molecule has 0 atom stereocenters. The molecule has 1 N–H and O–H groups in total. The molecule has 0 saturated carbocycles. The zero-order valence-electron chi connectivity index (χ0n) is 15.6. The van der Waals surface area contributed by atoms with Gasteiger partial charge in [0.2, 0.25) is 0 Å². The third-order valence-electron chi connectivity index (χ3n) is 4.45. The second kappa shape index (κ2) is 9.04. The van der Waals surface area contributed by atoms with Gasteiger partial charge in [0.25, 0.3) is 0 Å². The first-order valence-corrected chi connectivity index (χ1v) is 10.7. The normalized spacial score (nSPS) is 11.2. The monoisotopic (exact) mass is 475 g/mol. The molecule has 0 bridgehead atoms. The Morgan fingerprint density at radius 2 is 1.70 bits per heavy atom. The molecule has 0 unspecified atom stereocenters. The van der Waals surface area contributed by atoms with Crippen LogP contribution in [0.4, 0.5) is 10.1 Å². The van der Waals surface area contributed by atoms with Crippen LogP contribution < -0.4 is 5.32 Å². The summed E-state index contributed by atoms with van der Waals surface area (Å²) >= 11 is 4.60. The topological polar surface area (TPSA) is 48.7 Å². The summed E-state index contributed by atoms with van der Waals surface area (Å²) in [7, 11) is 0. The number of nitrogens with one attached hydrogen (secondary N) is 1. The van der Waals surface area contributed by atoms with Gasteiger partial charge in [-0.15, -0.1) is 11.3 Å². The number of thiazole rings is 1. The van der Waals surface area contributed by atoms with Crippen molar-refractivity contribution in [2.24, 2.45) is 0 Å². The Morgan fingerprint density at radius 3 is 2.40 bits per heavy atom. The number of hydrogen-bond donors (Lipinski definition) is 1. The fourth-order valence-corrected chi connectivity index (χ4v) is 4.02. The van der Waals surface area contributed by atoms with Crippen molar-refractivity contribution in [1.82, 2.24) is 4.98 Å². The lowest BCUT2D eigenvalue weighted by Gasteiger charge is -2.04. The Morgan fingerprint density at radius 1 is 1.00 bits per heavy atom. The summed E-state index contributed by atoms with van der Waals surface area (Å²) in [5.74, 6) is -0.406. The lowest BCUT2D eigenvalue weighted by molar-refractivity contribution is 0.631. The molecule has 4 aromatic rings. The molecule has 0 fully saturated rings. The summed E-state index contributed by atoms with van der Waals surface area (Å²) in [5.41, 5.74) is 4.69. The van der Waals surface area contributed by atoms with E-state index in [4.69, 9.17) is 0 Å². The molecule has 0 aliphatic carbocycles. The largest absolute Gasteiger partial charge is 0.358 e. The van der Waals surface area contributed by atoms with Crippen molar-refractivity contribution in [3.63, 3.8) is 0 Å². The number of anilines is 1. The van der Waals surface area contributed by atoms with E-state index in [1.807, 2.05) is 35.7 Å². The number of nitrogens with zero attached hydrogens (tertiary/aromatic N) is 2. The van der Waals surface area contributed by atoms with Crippen LogP contribution in [0.25, 0.3) is 28.0 Å². The van der Waals surface area contributed by atoms with E-state index in [1.54, 1.807) is 12.1 Å². The predicted molar refractivity (Wildman–Crippen MR) is 124 cm³/mol. The second-order valence-corrected chi connectivity index (χ2v) is 8.19. The van der Waals surface area contributed by atoms with E-state index in [1.165, 1.54) is 23.6 Å². The molecule has 0 radical (unpaired) electrons. The molecule has 0 spiro atoms. The van der Waals surface area contributed by atoms with Crippen LogP contribution >= 0.6 is 27.3 Å². The highest BCUT2D eigenvalue weighted by Crippen LogP contribution is 2.28. The van der Waals surface area contributed by atoms with Crippen molar-refractivity contribution in [1.29, 1.82) is 5.26 Å². The molecular weight excluding hydrogens is 461 g/mol. The molecule has 0 aliphatic heterocycles. The van der Waals surface area contributed by atoms with Gasteiger partial charge >= 0.3 is 0 Å². The average molecular weight is 476 g/mol. The summed E-state index contributed by atoms with van der Waals surface area (Å²) in [6.07, 6.45) is 1.48. The van der Waals surface area contributed by atoms with Gasteiger partial charge in [0.15, 0.2) is 0 Å². The fourth-order valence-electron chi connectivity index (χ4n) is 2.89. The molecule has 0 saturated heterocycles. The number of halogens is 2. The fraction of sp³-hybridized carbons (Fsp3) is 0. The SMILES string of the molecule is N#CC(=CNc1ccc(Br)cc1F)c1nc(-c2ccc(-c3ccccc3)cc2)cs1. The number of nitriles is 1. The molecule has 6 heteroatoms. The summed E-state index contributed by atoms with van der Waals surface area (Å²) < 4.78 is 14.6. The zero-order valence-corrected chi connectivity index (χ0v) is 18.0. The number of benzene rings is 3. The third-order valence-corrected chi connectivity index (χ3v) is 5.81. The Labute approximate surface area is 186 Å². The van der Waals surface area contributed by atoms with Crippen LogP contribution in [0.3, 0.4) is 0 Å². The Balaban J connectivity index is 1.54. The van der Waals surface area contributed by atoms with E-state index in [0.29, 0.717) is 20.7 Å². The number of rotatable bonds is 5. The first-order valence-electron chi connectivity index (χ1n) is 9.07. The van der Waals surface area contributed by atoms with Crippen LogP contribution in [0.2, 0.25) is 0 Å². The first kappa shape index (κ1) is 20.0.